The topological polar surface area (TPSA) is 0 Å². The molecule has 0 atom stereocenters. The molecule has 0 heterocycles. The van der Waals surface area contributed by atoms with E-state index in [1.165, 1.54) is 0 Å². The van der Waals surface area contributed by atoms with E-state index >= 15 is 96.6 Å². The summed E-state index contributed by atoms with van der Waals surface area (Å²) in [6, 6.07) is 0. The Bertz CT molecular complexity index is 2960. The highest BCUT2D eigenvalue weighted by Crippen LogP contribution is 2.40. The zero-order valence-electron chi connectivity index (χ0n) is 28.4. The van der Waals surface area contributed by atoms with E-state index in [0.29, 0.717) is 0 Å². The third-order valence-corrected chi connectivity index (χ3v) is 10.1. The predicted molar refractivity (Wildman–Crippen MR) is 161 cm³/mol. The monoisotopic (exact) mass is 937 g/mol. The number of fused-ring (bicyclic) bond motifs is 3. The summed E-state index contributed by atoms with van der Waals surface area (Å²) in [6.45, 7) is 0. The zero-order valence-corrected chi connectivity index (χ0v) is 28.4. The second-order valence-corrected chi connectivity index (χ2v) is 12.9. The molecule has 0 N–H and O–H groups in total. The minimum Gasteiger partial charge on any atom is -0.207 e. The molecule has 63 heavy (non-hydrogen) atoms. The van der Waals surface area contributed by atoms with Crippen molar-refractivity contribution in [2.75, 3.05) is 0 Å². The van der Waals surface area contributed by atoms with Crippen molar-refractivity contribution in [1.29, 1.82) is 0 Å². The van der Waals surface area contributed by atoms with Crippen molar-refractivity contribution in [1.82, 2.24) is 0 Å². The first-order valence-electron chi connectivity index (χ1n) is 15.8. The Morgan fingerprint density at radius 1 is 0.127 bits per heavy atom. The summed E-state index contributed by atoms with van der Waals surface area (Å²) in [5.74, 6) is -95.6. The second kappa shape index (κ2) is 14.3. The third kappa shape index (κ3) is 5.29. The van der Waals surface area contributed by atoms with Gasteiger partial charge < -0.3 is 0 Å². The average Bonchev–Trinajstić information content (AvgIpc) is 3.25. The fourth-order valence-electron chi connectivity index (χ4n) is 7.66. The van der Waals surface area contributed by atoms with Crippen molar-refractivity contribution in [3.8, 4) is 0 Å². The van der Waals surface area contributed by atoms with Crippen LogP contribution < -0.4 is 21.9 Å². The molecule has 0 aliphatic rings. The average molecular weight is 937 g/mol. The number of benzene rings is 7. The van der Waals surface area contributed by atoms with Crippen LogP contribution in [0.3, 0.4) is 0 Å². The molecule has 0 fully saturated rings. The van der Waals surface area contributed by atoms with Crippen LogP contribution in [0, 0.1) is 151 Å². The van der Waals surface area contributed by atoms with Gasteiger partial charge in [-0.25, -0.2) is 114 Å². The standard InChI is InChI=1S/C36BF26/c38-11-1-4(17(44)31(58)28(11)55)14(41)25(52)20(47)7(1)37(10-23(50)34(61)36(63)35(62)24(10)51,8-2-5(15(42)26(53)21(8)48)18(45)32(59)29(56)12(2)39)9-3-6(16(43)27(54)22(9)49)19(46)33(60)30(57)13(3)40/q-1. The Hall–Kier alpha value is -6.44. The van der Waals surface area contributed by atoms with Gasteiger partial charge in [0.2, 0.25) is 0 Å². The molecule has 0 saturated heterocycles. The molecular formula is C36BF26-. The highest BCUT2D eigenvalue weighted by Gasteiger charge is 2.52. The lowest BCUT2D eigenvalue weighted by atomic mass is 9.11. The van der Waals surface area contributed by atoms with Crippen molar-refractivity contribution in [2.45, 2.75) is 0 Å². The van der Waals surface area contributed by atoms with Crippen LogP contribution in [0.2, 0.25) is 0 Å². The smallest absolute Gasteiger partial charge is 0.200 e. The fraction of sp³-hybridized carbons (Fsp3) is 0. The maximum atomic E-state index is 16.9. The first-order valence-corrected chi connectivity index (χ1v) is 15.8. The molecule has 0 radical (unpaired) electrons. The summed E-state index contributed by atoms with van der Waals surface area (Å²) in [5, 5.41) is -19.7. The predicted octanol–water partition coefficient (Wildman–Crippen LogP) is 10.1. The van der Waals surface area contributed by atoms with E-state index in [1.807, 2.05) is 0 Å². The summed E-state index contributed by atoms with van der Waals surface area (Å²) in [5.41, 5.74) is -15.2. The Kier molecular flexibility index (Phi) is 10.1. The Morgan fingerprint density at radius 2 is 0.254 bits per heavy atom. The van der Waals surface area contributed by atoms with E-state index in [0.717, 1.165) is 0 Å². The molecule has 0 unspecified atom stereocenters. The first kappa shape index (κ1) is 44.6. The summed E-state index contributed by atoms with van der Waals surface area (Å²) in [4.78, 5) is 0. The maximum absolute atomic E-state index is 16.9. The number of halogens is 26. The van der Waals surface area contributed by atoms with Crippen LogP contribution in [0.15, 0.2) is 0 Å². The molecule has 27 heteroatoms. The molecule has 7 aromatic rings. The molecule has 0 nitrogen and oxygen atoms in total. The van der Waals surface area contributed by atoms with Gasteiger partial charge in [-0.05, 0) is 16.2 Å². The third-order valence-electron chi connectivity index (χ3n) is 10.1. The second-order valence-electron chi connectivity index (χ2n) is 12.9. The van der Waals surface area contributed by atoms with Crippen LogP contribution in [0.4, 0.5) is 114 Å². The van der Waals surface area contributed by atoms with Crippen LogP contribution in [-0.2, 0) is 0 Å². The fourth-order valence-corrected chi connectivity index (χ4v) is 7.66. The highest BCUT2D eigenvalue weighted by atomic mass is 19.2. The summed E-state index contributed by atoms with van der Waals surface area (Å²) < 4.78 is 407. The SMILES string of the molecule is Fc1c(F)c(F)c([B-](c2c(F)c(F)c(F)c3c(F)c(F)c(F)c(F)c23)(c2c(F)c(F)c(F)c3c(F)c(F)c(F)c(F)c23)c2c(F)c(F)c(F)c3c(F)c(F)c(F)c(F)c23)c(F)c1F. The van der Waals surface area contributed by atoms with Crippen LogP contribution >= 0.6 is 0 Å². The van der Waals surface area contributed by atoms with Gasteiger partial charge in [0.25, 0.3) is 0 Å². The number of hydrogen-bond acceptors (Lipinski definition) is 0. The van der Waals surface area contributed by atoms with Crippen molar-refractivity contribution in [3.63, 3.8) is 0 Å². The number of rotatable bonds is 4. The molecule has 0 aliphatic heterocycles. The van der Waals surface area contributed by atoms with E-state index in [1.54, 1.807) is 0 Å². The minimum absolute atomic E-state index is 3.18. The summed E-state index contributed by atoms with van der Waals surface area (Å²) in [7, 11) is 0. The van der Waals surface area contributed by atoms with Crippen LogP contribution in [-0.4, -0.2) is 6.15 Å². The highest BCUT2D eigenvalue weighted by molar-refractivity contribution is 7.22. The van der Waals surface area contributed by atoms with Crippen molar-refractivity contribution >= 4 is 60.3 Å². The quantitative estimate of drug-likeness (QED) is 0.0714. The van der Waals surface area contributed by atoms with Crippen LogP contribution in [0.5, 0.6) is 0 Å². The van der Waals surface area contributed by atoms with E-state index in [9.17, 15) is 17.6 Å². The normalized spacial score (nSPS) is 12.3. The first-order chi connectivity index (χ1) is 29.2. The van der Waals surface area contributed by atoms with Crippen molar-refractivity contribution in [2.24, 2.45) is 0 Å². The molecule has 330 valence electrons. The minimum atomic E-state index is -7.84. The molecule has 0 aliphatic carbocycles. The largest absolute Gasteiger partial charge is 0.207 e. The van der Waals surface area contributed by atoms with Crippen LogP contribution in [0.25, 0.3) is 32.3 Å². The van der Waals surface area contributed by atoms with E-state index in [4.69, 9.17) is 0 Å². The lowest BCUT2D eigenvalue weighted by Crippen LogP contribution is -2.79. The van der Waals surface area contributed by atoms with Gasteiger partial charge in [0.15, 0.2) is 122 Å². The molecule has 0 amide bonds. The van der Waals surface area contributed by atoms with Gasteiger partial charge >= 0.3 is 0 Å². The van der Waals surface area contributed by atoms with Gasteiger partial charge in [-0.15, -0.1) is 21.9 Å². The van der Waals surface area contributed by atoms with Gasteiger partial charge in [-0.1, -0.05) is 0 Å². The van der Waals surface area contributed by atoms with E-state index in [-0.39, 0.29) is 0 Å². The lowest BCUT2D eigenvalue weighted by molar-refractivity contribution is 0.383. The molecular weight excluding hydrogens is 937 g/mol. The zero-order chi connectivity index (χ0) is 47.3. The Morgan fingerprint density at radius 3 is 0.460 bits per heavy atom. The van der Waals surface area contributed by atoms with Crippen molar-refractivity contribution in [3.05, 3.63) is 151 Å². The molecule has 0 aromatic heterocycles. The molecule has 0 spiro atoms. The van der Waals surface area contributed by atoms with E-state index < -0.39 is 212 Å². The molecule has 0 saturated carbocycles. The Labute approximate surface area is 326 Å². The maximum Gasteiger partial charge on any atom is 0.200 e. The summed E-state index contributed by atoms with van der Waals surface area (Å²) in [6.07, 6.45) is -7.84. The van der Waals surface area contributed by atoms with Crippen LogP contribution in [0.1, 0.15) is 0 Å². The van der Waals surface area contributed by atoms with E-state index in [2.05, 4.69) is 0 Å². The lowest BCUT2D eigenvalue weighted by Gasteiger charge is -2.46. The van der Waals surface area contributed by atoms with Gasteiger partial charge in [-0.2, -0.15) is 0 Å². The van der Waals surface area contributed by atoms with Gasteiger partial charge in [0, 0.05) is 0 Å². The van der Waals surface area contributed by atoms with Crippen molar-refractivity contribution < 1.29 is 114 Å². The van der Waals surface area contributed by atoms with Gasteiger partial charge in [0.1, 0.15) is 35.2 Å². The molecule has 7 rings (SSSR count). The Balaban J connectivity index is 2.17. The number of hydrogen-bond donors (Lipinski definition) is 0. The van der Waals surface area contributed by atoms with Gasteiger partial charge in [-0.3, -0.25) is 0 Å². The summed E-state index contributed by atoms with van der Waals surface area (Å²) >= 11 is 0. The molecule has 0 bridgehead atoms. The molecule has 7 aromatic carbocycles. The van der Waals surface area contributed by atoms with Gasteiger partial charge in [0.05, 0.1) is 16.2 Å².